The van der Waals surface area contributed by atoms with Gasteiger partial charge in [0, 0.05) is 22.7 Å². The fourth-order valence-corrected chi connectivity index (χ4v) is 2.68. The van der Waals surface area contributed by atoms with E-state index in [2.05, 4.69) is 20.2 Å². The fraction of sp³-hybridized carbons (Fsp3) is 0.0556. The van der Waals surface area contributed by atoms with E-state index in [0.29, 0.717) is 22.9 Å². The third-order valence-corrected chi connectivity index (χ3v) is 3.82. The summed E-state index contributed by atoms with van der Waals surface area (Å²) in [5.41, 5.74) is 2.02. The summed E-state index contributed by atoms with van der Waals surface area (Å²) in [6, 6.07) is 12.8. The third kappa shape index (κ3) is 2.72. The van der Waals surface area contributed by atoms with Gasteiger partial charge in [0.1, 0.15) is 23.4 Å². The number of fused-ring (bicyclic) bond motifs is 1. The van der Waals surface area contributed by atoms with Crippen LogP contribution in [0.3, 0.4) is 0 Å². The molecule has 0 saturated heterocycles. The Hall–Kier alpha value is -3.61. The fourth-order valence-electron chi connectivity index (χ4n) is 2.68. The number of ether oxygens (including phenoxy) is 2. The number of benzene rings is 2. The van der Waals surface area contributed by atoms with Gasteiger partial charge in [-0.1, -0.05) is 12.1 Å². The minimum atomic E-state index is -0.453. The van der Waals surface area contributed by atoms with E-state index in [-0.39, 0.29) is 0 Å². The normalized spacial score (nSPS) is 10.8. The third-order valence-electron chi connectivity index (χ3n) is 3.82. The van der Waals surface area contributed by atoms with Crippen LogP contribution in [0.2, 0.25) is 0 Å². The molecule has 0 aliphatic heterocycles. The van der Waals surface area contributed by atoms with Crippen LogP contribution in [0.15, 0.2) is 55.0 Å². The van der Waals surface area contributed by atoms with Crippen LogP contribution < -0.4 is 4.74 Å². The lowest BCUT2D eigenvalue weighted by Crippen LogP contribution is -2.04. The molecule has 2 aromatic carbocycles. The Labute approximate surface area is 142 Å². The van der Waals surface area contributed by atoms with Crippen molar-refractivity contribution in [3.63, 3.8) is 0 Å². The van der Waals surface area contributed by atoms with Gasteiger partial charge in [0.25, 0.3) is 0 Å². The van der Waals surface area contributed by atoms with Crippen LogP contribution in [-0.2, 0) is 4.74 Å². The van der Waals surface area contributed by atoms with Gasteiger partial charge in [0.2, 0.25) is 0 Å². The molecule has 0 unspecified atom stereocenters. The zero-order chi connectivity index (χ0) is 17.2. The molecule has 0 spiro atoms. The smallest absolute Gasteiger partial charge is 0.342 e. The van der Waals surface area contributed by atoms with Crippen molar-refractivity contribution in [2.75, 3.05) is 7.11 Å². The number of hydrogen-bond acceptors (Lipinski definition) is 5. The van der Waals surface area contributed by atoms with Gasteiger partial charge < -0.3 is 14.5 Å². The number of nitrogens with zero attached hydrogens (tertiary/aromatic N) is 2. The van der Waals surface area contributed by atoms with Crippen LogP contribution >= 0.6 is 0 Å². The summed E-state index contributed by atoms with van der Waals surface area (Å²) in [7, 11) is 1.35. The van der Waals surface area contributed by atoms with E-state index in [1.807, 2.05) is 30.3 Å². The zero-order valence-corrected chi connectivity index (χ0v) is 13.3. The topological polar surface area (TPSA) is 92.9 Å². The molecule has 7 nitrogen and oxygen atoms in total. The van der Waals surface area contributed by atoms with E-state index in [1.54, 1.807) is 18.3 Å². The number of hydrogen-bond donors (Lipinski definition) is 2. The monoisotopic (exact) mass is 334 g/mol. The van der Waals surface area contributed by atoms with Crippen LogP contribution in [0.25, 0.3) is 22.3 Å². The Morgan fingerprint density at radius 3 is 2.88 bits per heavy atom. The highest BCUT2D eigenvalue weighted by atomic mass is 16.5. The maximum absolute atomic E-state index is 12.2. The second-order valence-corrected chi connectivity index (χ2v) is 5.32. The van der Waals surface area contributed by atoms with Gasteiger partial charge in [0.05, 0.1) is 7.11 Å². The second-order valence-electron chi connectivity index (χ2n) is 5.32. The summed E-state index contributed by atoms with van der Waals surface area (Å²) >= 11 is 0. The van der Waals surface area contributed by atoms with E-state index in [1.165, 1.54) is 13.4 Å². The molecule has 0 bridgehead atoms. The highest BCUT2D eigenvalue weighted by molar-refractivity contribution is 6.06. The predicted octanol–water partition coefficient (Wildman–Crippen LogP) is 3.53. The molecule has 2 heterocycles. The molecule has 4 aromatic rings. The lowest BCUT2D eigenvalue weighted by atomic mass is 10.1. The first-order chi connectivity index (χ1) is 12.3. The molecule has 0 amide bonds. The van der Waals surface area contributed by atoms with Crippen molar-refractivity contribution >= 4 is 16.9 Å². The lowest BCUT2D eigenvalue weighted by molar-refractivity contribution is 0.0600. The van der Waals surface area contributed by atoms with Crippen molar-refractivity contribution in [1.29, 1.82) is 0 Å². The molecule has 2 aromatic heterocycles. The summed E-state index contributed by atoms with van der Waals surface area (Å²) in [6.07, 6.45) is 3.28. The van der Waals surface area contributed by atoms with Gasteiger partial charge >= 0.3 is 5.97 Å². The van der Waals surface area contributed by atoms with Gasteiger partial charge in [-0.05, 0) is 30.3 Å². The Morgan fingerprint density at radius 2 is 2.08 bits per heavy atom. The van der Waals surface area contributed by atoms with Crippen molar-refractivity contribution in [3.8, 4) is 22.9 Å². The molecular weight excluding hydrogens is 320 g/mol. The number of nitrogens with one attached hydrogen (secondary N) is 2. The van der Waals surface area contributed by atoms with Crippen LogP contribution in [-0.4, -0.2) is 33.2 Å². The van der Waals surface area contributed by atoms with Crippen molar-refractivity contribution in [2.45, 2.75) is 0 Å². The SMILES string of the molecule is COC(=O)c1c(Oc2cccc(-c3nc[nH]n3)c2)ccc2[nH]ccc12. The molecule has 0 saturated carbocycles. The molecule has 0 atom stereocenters. The highest BCUT2D eigenvalue weighted by Gasteiger charge is 2.18. The van der Waals surface area contributed by atoms with E-state index in [9.17, 15) is 4.79 Å². The van der Waals surface area contributed by atoms with Gasteiger partial charge in [0.15, 0.2) is 5.82 Å². The van der Waals surface area contributed by atoms with Gasteiger partial charge in [-0.3, -0.25) is 5.10 Å². The Bertz CT molecular complexity index is 1040. The average molecular weight is 334 g/mol. The lowest BCUT2D eigenvalue weighted by Gasteiger charge is -2.11. The van der Waals surface area contributed by atoms with E-state index >= 15 is 0 Å². The zero-order valence-electron chi connectivity index (χ0n) is 13.3. The van der Waals surface area contributed by atoms with E-state index < -0.39 is 5.97 Å². The minimum absolute atomic E-state index is 0.379. The Morgan fingerprint density at radius 1 is 1.16 bits per heavy atom. The van der Waals surface area contributed by atoms with Crippen molar-refractivity contribution in [2.24, 2.45) is 0 Å². The largest absolute Gasteiger partial charge is 0.465 e. The molecule has 7 heteroatoms. The van der Waals surface area contributed by atoms with Gasteiger partial charge in [-0.25, -0.2) is 9.78 Å². The first kappa shape index (κ1) is 14.9. The average Bonchev–Trinajstić information content (AvgIpc) is 3.33. The summed E-state index contributed by atoms with van der Waals surface area (Å²) in [5, 5.41) is 7.48. The van der Waals surface area contributed by atoms with Gasteiger partial charge in [-0.2, -0.15) is 5.10 Å². The summed E-state index contributed by atoms with van der Waals surface area (Å²) in [5.74, 6) is 1.11. The predicted molar refractivity (Wildman–Crippen MR) is 91.5 cm³/mol. The molecule has 124 valence electrons. The number of esters is 1. The minimum Gasteiger partial charge on any atom is -0.465 e. The number of carbonyl (C=O) groups is 1. The number of carbonyl (C=O) groups excluding carboxylic acids is 1. The second kappa shape index (κ2) is 6.12. The van der Waals surface area contributed by atoms with E-state index in [4.69, 9.17) is 9.47 Å². The Balaban J connectivity index is 1.76. The maximum Gasteiger partial charge on any atom is 0.342 e. The quantitative estimate of drug-likeness (QED) is 0.557. The molecule has 4 rings (SSSR count). The Kier molecular flexibility index (Phi) is 3.66. The highest BCUT2D eigenvalue weighted by Crippen LogP contribution is 2.33. The van der Waals surface area contributed by atoms with Gasteiger partial charge in [-0.15, -0.1) is 0 Å². The molecule has 2 N–H and O–H groups in total. The van der Waals surface area contributed by atoms with Crippen molar-refractivity contribution in [3.05, 3.63) is 60.6 Å². The molecule has 0 fully saturated rings. The van der Waals surface area contributed by atoms with Crippen LogP contribution in [0.1, 0.15) is 10.4 Å². The molecule has 25 heavy (non-hydrogen) atoms. The molecular formula is C18H14N4O3. The van der Waals surface area contributed by atoms with Crippen LogP contribution in [0.4, 0.5) is 0 Å². The number of aromatic nitrogens is 4. The van der Waals surface area contributed by atoms with Crippen LogP contribution in [0, 0.1) is 0 Å². The molecule has 0 aliphatic carbocycles. The maximum atomic E-state index is 12.2. The van der Waals surface area contributed by atoms with Crippen LogP contribution in [0.5, 0.6) is 11.5 Å². The molecule has 0 radical (unpaired) electrons. The first-order valence-electron chi connectivity index (χ1n) is 7.59. The van der Waals surface area contributed by atoms with Crippen molar-refractivity contribution in [1.82, 2.24) is 20.2 Å². The molecule has 0 aliphatic rings. The number of aromatic amines is 2. The van der Waals surface area contributed by atoms with Crippen molar-refractivity contribution < 1.29 is 14.3 Å². The standard InChI is InChI=1S/C18H14N4O3/c1-24-18(23)16-13-7-8-19-14(13)5-6-15(16)25-12-4-2-3-11(9-12)17-20-10-21-22-17/h2-10,19H,1H3,(H,20,21,22). The summed E-state index contributed by atoms with van der Waals surface area (Å²) in [4.78, 5) is 19.5. The number of rotatable bonds is 4. The number of H-pyrrole nitrogens is 2. The summed E-state index contributed by atoms with van der Waals surface area (Å²) in [6.45, 7) is 0. The first-order valence-corrected chi connectivity index (χ1v) is 7.59. The number of methoxy groups -OCH3 is 1. The summed E-state index contributed by atoms with van der Waals surface area (Å²) < 4.78 is 10.9. The van der Waals surface area contributed by atoms with E-state index in [0.717, 1.165) is 16.5 Å².